The maximum atomic E-state index is 13.0. The molecule has 0 bridgehead atoms. The van der Waals surface area contributed by atoms with Gasteiger partial charge in [-0.05, 0) is 18.6 Å². The summed E-state index contributed by atoms with van der Waals surface area (Å²) in [6.07, 6.45) is -1.19. The number of rotatable bonds is 4. The number of nitro groups is 2. The lowest BCUT2D eigenvalue weighted by Gasteiger charge is -2.17. The minimum atomic E-state index is -1.19. The molecule has 0 N–H and O–H groups in total. The average Bonchev–Trinajstić information content (AvgIpc) is 3.23. The number of carbonyl (C=O) groups is 2. The van der Waals surface area contributed by atoms with Gasteiger partial charge in [0.05, 0.1) is 15.5 Å². The predicted molar refractivity (Wildman–Crippen MR) is 98.3 cm³/mol. The van der Waals surface area contributed by atoms with E-state index in [1.807, 2.05) is 0 Å². The number of benzene rings is 2. The Balaban J connectivity index is 1.70. The van der Waals surface area contributed by atoms with E-state index in [-0.39, 0.29) is 22.8 Å². The maximum Gasteiger partial charge on any atom is 0.278 e. The number of anilines is 1. The second-order valence-electron chi connectivity index (χ2n) is 6.53. The van der Waals surface area contributed by atoms with Crippen molar-refractivity contribution < 1.29 is 24.3 Å². The van der Waals surface area contributed by atoms with E-state index >= 15 is 0 Å². The third-order valence-electron chi connectivity index (χ3n) is 4.80. The fourth-order valence-corrected chi connectivity index (χ4v) is 3.44. The Hall–Kier alpha value is -4.15. The second-order valence-corrected chi connectivity index (χ2v) is 6.53. The van der Waals surface area contributed by atoms with E-state index in [1.54, 1.807) is 6.92 Å². The number of fused-ring (bicyclic) bond motifs is 1. The summed E-state index contributed by atoms with van der Waals surface area (Å²) in [6.45, 7) is 1.55. The molecule has 11 nitrogen and oxygen atoms in total. The van der Waals surface area contributed by atoms with Gasteiger partial charge in [0.25, 0.3) is 17.3 Å². The number of imide groups is 1. The molecule has 2 amide bonds. The van der Waals surface area contributed by atoms with Gasteiger partial charge in [-0.1, -0.05) is 17.3 Å². The Morgan fingerprint density at radius 1 is 1.00 bits per heavy atom. The zero-order valence-corrected chi connectivity index (χ0v) is 14.8. The zero-order valence-electron chi connectivity index (χ0n) is 14.8. The van der Waals surface area contributed by atoms with Crippen LogP contribution in [0.15, 0.2) is 47.6 Å². The molecule has 1 fully saturated rings. The van der Waals surface area contributed by atoms with Crippen LogP contribution in [0.3, 0.4) is 0 Å². The van der Waals surface area contributed by atoms with Crippen molar-refractivity contribution in [1.29, 1.82) is 0 Å². The summed E-state index contributed by atoms with van der Waals surface area (Å²) in [5, 5.41) is 25.8. The van der Waals surface area contributed by atoms with Crippen molar-refractivity contribution >= 4 is 34.6 Å². The van der Waals surface area contributed by atoms with Crippen LogP contribution >= 0.6 is 0 Å². The number of carbonyl (C=O) groups excluding carboxylic acids is 2. The van der Waals surface area contributed by atoms with Gasteiger partial charge >= 0.3 is 0 Å². The number of hydrogen-bond donors (Lipinski definition) is 0. The number of non-ortho nitro benzene ring substituents is 2. The van der Waals surface area contributed by atoms with Gasteiger partial charge in [-0.3, -0.25) is 29.8 Å². The minimum absolute atomic E-state index is 0.124. The predicted octanol–water partition coefficient (Wildman–Crippen LogP) is 2.10. The first-order chi connectivity index (χ1) is 13.8. The SMILES string of the molecule is Cc1cc([N+](=O)[O-])ccc1N1C(=O)[C@H]2C(c3cccc([N+](=O)[O-])c3)=NO[C@H]2C1=O. The van der Waals surface area contributed by atoms with Gasteiger partial charge in [0.2, 0.25) is 12.0 Å². The van der Waals surface area contributed by atoms with E-state index in [4.69, 9.17) is 4.84 Å². The van der Waals surface area contributed by atoms with Crippen LogP contribution in [0.1, 0.15) is 11.1 Å². The lowest BCUT2D eigenvalue weighted by atomic mass is 9.94. The standard InChI is InChI=1S/C18H12N4O7/c1-9-7-12(22(27)28)5-6-13(9)20-17(23)14-15(19-29-16(14)18(20)24)10-3-2-4-11(8-10)21(25)26/h2-8,14,16H,1H3/t14-,16+/m0/s1. The summed E-state index contributed by atoms with van der Waals surface area (Å²) in [5.74, 6) is -2.32. The number of nitro benzene ring substituents is 2. The Kier molecular flexibility index (Phi) is 4.07. The molecule has 0 aromatic heterocycles. The number of hydrogen-bond acceptors (Lipinski definition) is 8. The van der Waals surface area contributed by atoms with E-state index in [0.717, 1.165) is 4.90 Å². The number of amides is 2. The summed E-state index contributed by atoms with van der Waals surface area (Å²) in [6, 6.07) is 9.33. The molecule has 4 rings (SSSR count). The van der Waals surface area contributed by atoms with Crippen LogP contribution in [-0.4, -0.2) is 33.5 Å². The lowest BCUT2D eigenvalue weighted by Crippen LogP contribution is -2.33. The quantitative estimate of drug-likeness (QED) is 0.437. The summed E-state index contributed by atoms with van der Waals surface area (Å²) < 4.78 is 0. The molecular weight excluding hydrogens is 384 g/mol. The summed E-state index contributed by atoms with van der Waals surface area (Å²) in [4.78, 5) is 52.7. The van der Waals surface area contributed by atoms with Crippen LogP contribution in [-0.2, 0) is 14.4 Å². The van der Waals surface area contributed by atoms with Gasteiger partial charge in [-0.2, -0.15) is 0 Å². The normalized spacial score (nSPS) is 20.3. The molecule has 2 aliphatic heterocycles. The molecule has 11 heteroatoms. The van der Waals surface area contributed by atoms with E-state index in [0.29, 0.717) is 11.1 Å². The van der Waals surface area contributed by atoms with Crippen molar-refractivity contribution in [2.75, 3.05) is 4.90 Å². The van der Waals surface area contributed by atoms with Crippen molar-refractivity contribution in [1.82, 2.24) is 0 Å². The number of aryl methyl sites for hydroxylation is 1. The molecule has 0 spiro atoms. The third kappa shape index (κ3) is 2.79. The number of oxime groups is 1. The van der Waals surface area contributed by atoms with Gasteiger partial charge < -0.3 is 4.84 Å². The van der Waals surface area contributed by atoms with Crippen LogP contribution < -0.4 is 4.90 Å². The van der Waals surface area contributed by atoms with Crippen molar-refractivity contribution in [3.8, 4) is 0 Å². The van der Waals surface area contributed by atoms with Gasteiger partial charge in [0.1, 0.15) is 11.6 Å². The molecule has 2 atom stereocenters. The molecule has 1 saturated heterocycles. The van der Waals surface area contributed by atoms with Crippen LogP contribution in [0.5, 0.6) is 0 Å². The fraction of sp³-hybridized carbons (Fsp3) is 0.167. The molecular formula is C18H12N4O7. The van der Waals surface area contributed by atoms with Gasteiger partial charge in [-0.25, -0.2) is 4.90 Å². The Morgan fingerprint density at radius 3 is 2.34 bits per heavy atom. The van der Waals surface area contributed by atoms with Crippen molar-refractivity contribution in [2.45, 2.75) is 13.0 Å². The van der Waals surface area contributed by atoms with Gasteiger partial charge in [0.15, 0.2) is 0 Å². The van der Waals surface area contributed by atoms with Crippen LogP contribution in [0, 0.1) is 33.1 Å². The second kappa shape index (κ2) is 6.48. The van der Waals surface area contributed by atoms with E-state index in [2.05, 4.69) is 5.16 Å². The highest BCUT2D eigenvalue weighted by molar-refractivity contribution is 6.32. The average molecular weight is 396 g/mol. The molecule has 29 heavy (non-hydrogen) atoms. The lowest BCUT2D eigenvalue weighted by molar-refractivity contribution is -0.385. The number of nitrogens with zero attached hydrogens (tertiary/aromatic N) is 4. The Labute approximate surface area is 162 Å². The first-order valence-corrected chi connectivity index (χ1v) is 8.41. The zero-order chi connectivity index (χ0) is 20.9. The van der Waals surface area contributed by atoms with Crippen molar-refractivity contribution in [2.24, 2.45) is 11.1 Å². The first-order valence-electron chi connectivity index (χ1n) is 8.41. The fourth-order valence-electron chi connectivity index (χ4n) is 3.44. The topological polar surface area (TPSA) is 145 Å². The van der Waals surface area contributed by atoms with Gasteiger partial charge in [-0.15, -0.1) is 0 Å². The highest BCUT2D eigenvalue weighted by atomic mass is 16.7. The Morgan fingerprint density at radius 2 is 1.69 bits per heavy atom. The molecule has 2 aliphatic rings. The van der Waals surface area contributed by atoms with Gasteiger partial charge in [0, 0.05) is 29.8 Å². The summed E-state index contributed by atoms with van der Waals surface area (Å²) in [7, 11) is 0. The summed E-state index contributed by atoms with van der Waals surface area (Å²) >= 11 is 0. The van der Waals surface area contributed by atoms with Crippen molar-refractivity contribution in [3.05, 3.63) is 73.8 Å². The molecule has 0 radical (unpaired) electrons. The minimum Gasteiger partial charge on any atom is -0.381 e. The molecule has 0 saturated carbocycles. The molecule has 0 aliphatic carbocycles. The van der Waals surface area contributed by atoms with Crippen molar-refractivity contribution in [3.63, 3.8) is 0 Å². The highest BCUT2D eigenvalue weighted by Gasteiger charge is 2.56. The molecule has 0 unspecified atom stereocenters. The smallest absolute Gasteiger partial charge is 0.278 e. The molecule has 146 valence electrons. The van der Waals surface area contributed by atoms with E-state index in [9.17, 15) is 29.8 Å². The summed E-state index contributed by atoms with van der Waals surface area (Å²) in [5.41, 5.74) is 0.653. The monoisotopic (exact) mass is 396 g/mol. The molecule has 2 aromatic rings. The molecule has 2 aromatic carbocycles. The largest absolute Gasteiger partial charge is 0.381 e. The van der Waals surface area contributed by atoms with Crippen LogP contribution in [0.25, 0.3) is 0 Å². The Bertz CT molecular complexity index is 1130. The van der Waals surface area contributed by atoms with Crippen LogP contribution in [0.2, 0.25) is 0 Å². The third-order valence-corrected chi connectivity index (χ3v) is 4.80. The first kappa shape index (κ1) is 18.2. The highest BCUT2D eigenvalue weighted by Crippen LogP contribution is 2.37. The van der Waals surface area contributed by atoms with Crippen LogP contribution in [0.4, 0.5) is 17.1 Å². The maximum absolute atomic E-state index is 13.0. The molecule has 2 heterocycles. The van der Waals surface area contributed by atoms with E-state index in [1.165, 1.54) is 42.5 Å². The van der Waals surface area contributed by atoms with E-state index < -0.39 is 33.7 Å².